The van der Waals surface area contributed by atoms with Gasteiger partial charge in [-0.05, 0) is 65.6 Å². The van der Waals surface area contributed by atoms with Gasteiger partial charge in [-0.15, -0.1) is 0 Å². The number of nitrogens with one attached hydrogen (secondary N) is 4. The van der Waals surface area contributed by atoms with E-state index in [0.29, 0.717) is 89.2 Å². The number of nitrogens with zero attached hydrogens (tertiary/aromatic N) is 5. The van der Waals surface area contributed by atoms with Crippen molar-refractivity contribution in [1.29, 1.82) is 0 Å². The molecule has 0 saturated carbocycles. The van der Waals surface area contributed by atoms with Crippen LogP contribution >= 0.6 is 0 Å². The normalized spacial score (nSPS) is 19.4. The van der Waals surface area contributed by atoms with Gasteiger partial charge in [0, 0.05) is 57.4 Å². The summed E-state index contributed by atoms with van der Waals surface area (Å²) in [6.07, 6.45) is 4.89. The van der Waals surface area contributed by atoms with E-state index in [1.807, 2.05) is 102 Å². The van der Waals surface area contributed by atoms with E-state index < -0.39 is 12.1 Å². The fourth-order valence-electron chi connectivity index (χ4n) is 9.43. The summed E-state index contributed by atoms with van der Waals surface area (Å²) in [6.45, 7) is 5.11. The molecule has 0 bridgehead atoms. The molecule has 5 aromatic rings. The number of rotatable bonds is 12. The number of benzene rings is 4. The van der Waals surface area contributed by atoms with E-state index in [4.69, 9.17) is 14.5 Å². The van der Waals surface area contributed by atoms with Crippen LogP contribution in [0.3, 0.4) is 0 Å². The molecule has 0 radical (unpaired) electrons. The SMILES string of the molecule is O=C(NC[C@@H]1CCCN1C(=O)[C@H](NC(=O)N1CCOCC1)c1ccccc1)c1ccc(-c2ccc(-c3cnc([C@@H]4CCCN4C(=O)[C@H](NC(=O)N4CCOCC4)c4ccccc4)[nH]3)cc2)cc1. The molecule has 67 heavy (non-hydrogen) atoms. The first-order valence-electron chi connectivity index (χ1n) is 23.3. The molecule has 1 aromatic heterocycles. The third kappa shape index (κ3) is 10.5. The molecule has 4 fully saturated rings. The Hall–Kier alpha value is -7.04. The summed E-state index contributed by atoms with van der Waals surface area (Å²) >= 11 is 0. The van der Waals surface area contributed by atoms with Crippen molar-refractivity contribution < 1.29 is 33.4 Å². The third-order valence-electron chi connectivity index (χ3n) is 13.2. The number of aromatic nitrogens is 2. The van der Waals surface area contributed by atoms with Gasteiger partial charge in [0.05, 0.1) is 44.4 Å². The lowest BCUT2D eigenvalue weighted by atomic mass is 10.0. The molecule has 9 rings (SSSR count). The van der Waals surface area contributed by atoms with Gasteiger partial charge in [-0.25, -0.2) is 14.6 Å². The maximum absolute atomic E-state index is 14.3. The molecule has 5 heterocycles. The van der Waals surface area contributed by atoms with Gasteiger partial charge in [0.25, 0.3) is 5.91 Å². The van der Waals surface area contributed by atoms with Crippen LogP contribution in [0.15, 0.2) is 115 Å². The summed E-state index contributed by atoms with van der Waals surface area (Å²) in [7, 11) is 0. The van der Waals surface area contributed by atoms with Crippen LogP contribution in [0.5, 0.6) is 0 Å². The highest BCUT2D eigenvalue weighted by molar-refractivity contribution is 5.95. The van der Waals surface area contributed by atoms with Crippen molar-refractivity contribution >= 4 is 29.8 Å². The van der Waals surface area contributed by atoms with Crippen molar-refractivity contribution in [2.75, 3.05) is 72.2 Å². The molecule has 0 spiro atoms. The number of hydrogen-bond donors (Lipinski definition) is 4. The maximum atomic E-state index is 14.3. The van der Waals surface area contributed by atoms with Crippen molar-refractivity contribution in [3.05, 3.63) is 138 Å². The molecule has 4 N–H and O–H groups in total. The van der Waals surface area contributed by atoms with Crippen molar-refractivity contribution in [3.8, 4) is 22.4 Å². The lowest BCUT2D eigenvalue weighted by Gasteiger charge is -2.32. The Kier molecular flexibility index (Phi) is 14.2. The van der Waals surface area contributed by atoms with E-state index in [1.165, 1.54) is 0 Å². The second-order valence-corrected chi connectivity index (χ2v) is 17.3. The molecule has 0 aliphatic carbocycles. The zero-order valence-electron chi connectivity index (χ0n) is 37.5. The first kappa shape index (κ1) is 45.1. The van der Waals surface area contributed by atoms with Crippen LogP contribution in [0.25, 0.3) is 22.4 Å². The number of carbonyl (C=O) groups is 5. The number of hydrogen-bond acceptors (Lipinski definition) is 8. The standard InChI is InChI=1S/C51H57N9O7/c61-47(53-33-41-13-7-23-59(41)48(62)44(38-9-3-1-4-10-38)55-50(64)57-25-29-66-30-26-57)40-21-17-36(18-22-40)35-15-19-37(20-16-35)42-34-52-46(54-42)43-14-8-24-60(43)49(63)45(39-11-5-2-6-12-39)56-51(65)58-27-31-67-32-28-58/h1-6,9-12,15-22,34,41,43-45H,7-8,13-14,23-33H2,(H,52,54)(H,53,61)(H,55,64)(H,56,65)/t41-,43-,44+,45+/m0/s1. The number of amides is 7. The average molecular weight is 908 g/mol. The molecular weight excluding hydrogens is 851 g/mol. The Labute approximate surface area is 390 Å². The zero-order chi connectivity index (χ0) is 46.1. The highest BCUT2D eigenvalue weighted by atomic mass is 16.5. The molecule has 4 aliphatic heterocycles. The van der Waals surface area contributed by atoms with Gasteiger partial charge in [0.15, 0.2) is 0 Å². The Balaban J connectivity index is 0.806. The van der Waals surface area contributed by atoms with Gasteiger partial charge in [0.1, 0.15) is 17.9 Å². The smallest absolute Gasteiger partial charge is 0.318 e. The van der Waals surface area contributed by atoms with Crippen molar-refractivity contribution in [2.24, 2.45) is 0 Å². The van der Waals surface area contributed by atoms with Gasteiger partial charge in [-0.3, -0.25) is 14.4 Å². The number of carbonyl (C=O) groups excluding carboxylic acids is 5. The summed E-state index contributed by atoms with van der Waals surface area (Å²) in [4.78, 5) is 83.5. The second-order valence-electron chi connectivity index (χ2n) is 17.3. The average Bonchev–Trinajstić information content (AvgIpc) is 4.20. The van der Waals surface area contributed by atoms with E-state index in [-0.39, 0.29) is 41.9 Å². The molecule has 16 nitrogen and oxygen atoms in total. The maximum Gasteiger partial charge on any atom is 0.318 e. The molecule has 348 valence electrons. The van der Waals surface area contributed by atoms with Gasteiger partial charge < -0.3 is 50.0 Å². The number of ether oxygens (including phenoxy) is 2. The fraction of sp³-hybridized carbons (Fsp3) is 0.373. The lowest BCUT2D eigenvalue weighted by molar-refractivity contribution is -0.135. The van der Waals surface area contributed by atoms with Crippen LogP contribution in [0.2, 0.25) is 0 Å². The Bertz CT molecular complexity index is 2490. The van der Waals surface area contributed by atoms with E-state index >= 15 is 0 Å². The molecule has 0 unspecified atom stereocenters. The molecular formula is C51H57N9O7. The predicted octanol–water partition coefficient (Wildman–Crippen LogP) is 5.69. The Morgan fingerprint density at radius 3 is 1.66 bits per heavy atom. The first-order chi connectivity index (χ1) is 32.8. The number of imidazole rings is 1. The number of aromatic amines is 1. The van der Waals surface area contributed by atoms with Crippen LogP contribution in [0, 0.1) is 0 Å². The van der Waals surface area contributed by atoms with Crippen LogP contribution in [-0.2, 0) is 19.1 Å². The number of likely N-dealkylation sites (tertiary alicyclic amines) is 2. The molecule has 16 heteroatoms. The highest BCUT2D eigenvalue weighted by Crippen LogP contribution is 2.35. The van der Waals surface area contributed by atoms with Crippen molar-refractivity contribution in [2.45, 2.75) is 49.9 Å². The monoisotopic (exact) mass is 907 g/mol. The number of H-pyrrole nitrogens is 1. The minimum atomic E-state index is -0.853. The summed E-state index contributed by atoms with van der Waals surface area (Å²) in [5, 5.41) is 9.04. The summed E-state index contributed by atoms with van der Waals surface area (Å²) < 4.78 is 10.8. The fourth-order valence-corrected chi connectivity index (χ4v) is 9.43. The van der Waals surface area contributed by atoms with E-state index in [0.717, 1.165) is 53.6 Å². The van der Waals surface area contributed by atoms with E-state index in [9.17, 15) is 24.0 Å². The van der Waals surface area contributed by atoms with Crippen LogP contribution in [-0.4, -0.2) is 138 Å². The summed E-state index contributed by atoms with van der Waals surface area (Å²) in [5.41, 5.74) is 5.62. The van der Waals surface area contributed by atoms with Crippen LogP contribution < -0.4 is 16.0 Å². The molecule has 4 atom stereocenters. The predicted molar refractivity (Wildman–Crippen MR) is 250 cm³/mol. The Morgan fingerprint density at radius 1 is 0.597 bits per heavy atom. The molecule has 4 aliphatic rings. The van der Waals surface area contributed by atoms with Gasteiger partial charge in [-0.1, -0.05) is 97.1 Å². The summed E-state index contributed by atoms with van der Waals surface area (Å²) in [6, 6.07) is 31.4. The largest absolute Gasteiger partial charge is 0.378 e. The van der Waals surface area contributed by atoms with Crippen LogP contribution in [0.1, 0.15) is 71.1 Å². The quantitative estimate of drug-likeness (QED) is 0.123. The van der Waals surface area contributed by atoms with E-state index in [2.05, 4.69) is 20.9 Å². The lowest BCUT2D eigenvalue weighted by Crippen LogP contribution is -2.52. The van der Waals surface area contributed by atoms with E-state index in [1.54, 1.807) is 33.0 Å². The minimum absolute atomic E-state index is 0.172. The molecule has 7 amide bonds. The van der Waals surface area contributed by atoms with Crippen molar-refractivity contribution in [1.82, 2.24) is 45.5 Å². The minimum Gasteiger partial charge on any atom is -0.378 e. The van der Waals surface area contributed by atoms with Gasteiger partial charge in [-0.2, -0.15) is 0 Å². The zero-order valence-corrected chi connectivity index (χ0v) is 37.5. The first-order valence-corrected chi connectivity index (χ1v) is 23.3. The highest BCUT2D eigenvalue weighted by Gasteiger charge is 2.38. The molecule has 4 aromatic carbocycles. The van der Waals surface area contributed by atoms with Gasteiger partial charge >= 0.3 is 12.1 Å². The Morgan fingerprint density at radius 2 is 1.09 bits per heavy atom. The third-order valence-corrected chi connectivity index (χ3v) is 13.2. The topological polar surface area (TPSA) is 182 Å². The number of urea groups is 2. The van der Waals surface area contributed by atoms with Gasteiger partial charge in [0.2, 0.25) is 11.8 Å². The molecule has 4 saturated heterocycles. The second kappa shape index (κ2) is 21.1. The summed E-state index contributed by atoms with van der Waals surface area (Å²) in [5.74, 6) is 0.101. The van der Waals surface area contributed by atoms with Crippen LogP contribution in [0.4, 0.5) is 9.59 Å². The van der Waals surface area contributed by atoms with Crippen molar-refractivity contribution in [3.63, 3.8) is 0 Å². The number of morpholine rings is 2.